The number of nitrogens with one attached hydrogen (secondary N) is 1. The van der Waals surface area contributed by atoms with Crippen molar-refractivity contribution >= 4 is 33.2 Å². The molecule has 1 amide bonds. The van der Waals surface area contributed by atoms with Crippen molar-refractivity contribution in [3.63, 3.8) is 0 Å². The number of rotatable bonds is 8. The molecule has 0 aliphatic carbocycles. The number of amides is 1. The van der Waals surface area contributed by atoms with E-state index in [2.05, 4.69) is 19.2 Å². The van der Waals surface area contributed by atoms with Gasteiger partial charge in [-0.15, -0.1) is 0 Å². The Morgan fingerprint density at radius 2 is 1.86 bits per heavy atom. The number of ether oxygens (including phenoxy) is 1. The lowest BCUT2D eigenvalue weighted by Gasteiger charge is -2.18. The quantitative estimate of drug-likeness (QED) is 0.691. The Morgan fingerprint density at radius 3 is 2.43 bits per heavy atom. The van der Waals surface area contributed by atoms with Gasteiger partial charge in [-0.05, 0) is 48.2 Å². The minimum atomic E-state index is -3.78. The highest BCUT2D eigenvalue weighted by molar-refractivity contribution is 7.89. The minimum absolute atomic E-state index is 0.148. The third kappa shape index (κ3) is 5.25. The summed E-state index contributed by atoms with van der Waals surface area (Å²) in [6.45, 7) is 3.83. The first-order valence-corrected chi connectivity index (χ1v) is 10.7. The summed E-state index contributed by atoms with van der Waals surface area (Å²) >= 11 is 5.95. The van der Waals surface area contributed by atoms with Gasteiger partial charge in [-0.2, -0.15) is 4.31 Å². The predicted octanol–water partition coefficient (Wildman–Crippen LogP) is 4.12. The number of likely N-dealkylation sites (N-methyl/N-ethyl adjacent to an activating group) is 1. The van der Waals surface area contributed by atoms with Gasteiger partial charge < -0.3 is 10.1 Å². The van der Waals surface area contributed by atoms with Crippen LogP contribution in [0.25, 0.3) is 0 Å². The van der Waals surface area contributed by atoms with Gasteiger partial charge in [0, 0.05) is 12.1 Å². The van der Waals surface area contributed by atoms with E-state index in [0.717, 1.165) is 16.3 Å². The fourth-order valence-electron chi connectivity index (χ4n) is 2.64. The number of methoxy groups -OCH3 is 1. The first-order chi connectivity index (χ1) is 13.2. The second kappa shape index (κ2) is 9.41. The summed E-state index contributed by atoms with van der Waals surface area (Å²) < 4.78 is 31.7. The molecule has 0 fully saturated rings. The third-order valence-electron chi connectivity index (χ3n) is 4.57. The molecule has 0 aliphatic rings. The van der Waals surface area contributed by atoms with Gasteiger partial charge >= 0.3 is 0 Å². The number of carbonyl (C=O) groups excluding carboxylic acids is 1. The molecule has 28 heavy (non-hydrogen) atoms. The van der Waals surface area contributed by atoms with Crippen LogP contribution in [0.5, 0.6) is 5.75 Å². The van der Waals surface area contributed by atoms with Crippen LogP contribution in [0, 0.1) is 0 Å². The Balaban J connectivity index is 2.11. The maximum Gasteiger partial charge on any atom is 0.243 e. The van der Waals surface area contributed by atoms with Crippen molar-refractivity contribution in [2.75, 3.05) is 26.0 Å². The average Bonchev–Trinajstić information content (AvgIpc) is 2.67. The van der Waals surface area contributed by atoms with Crippen molar-refractivity contribution in [2.24, 2.45) is 0 Å². The van der Waals surface area contributed by atoms with E-state index in [1.54, 1.807) is 30.3 Å². The maximum absolute atomic E-state index is 12.7. The molecule has 2 aromatic rings. The number of carbonyl (C=O) groups is 1. The molecule has 0 aliphatic heterocycles. The first kappa shape index (κ1) is 22.2. The zero-order valence-electron chi connectivity index (χ0n) is 16.4. The Kier molecular flexibility index (Phi) is 7.46. The smallest absolute Gasteiger partial charge is 0.243 e. The molecule has 1 N–H and O–H groups in total. The number of anilines is 1. The second-order valence-electron chi connectivity index (χ2n) is 6.53. The van der Waals surface area contributed by atoms with E-state index >= 15 is 0 Å². The largest absolute Gasteiger partial charge is 0.495 e. The van der Waals surface area contributed by atoms with Gasteiger partial charge in [-0.1, -0.05) is 37.6 Å². The van der Waals surface area contributed by atoms with Gasteiger partial charge in [-0.25, -0.2) is 8.42 Å². The van der Waals surface area contributed by atoms with Crippen LogP contribution in [-0.2, 0) is 14.8 Å². The van der Waals surface area contributed by atoms with Crippen molar-refractivity contribution in [1.29, 1.82) is 0 Å². The van der Waals surface area contributed by atoms with Gasteiger partial charge in [0.2, 0.25) is 15.9 Å². The molecule has 0 saturated carbocycles. The van der Waals surface area contributed by atoms with Crippen LogP contribution < -0.4 is 10.1 Å². The van der Waals surface area contributed by atoms with Gasteiger partial charge in [0.25, 0.3) is 0 Å². The Bertz CT molecular complexity index is 930. The summed E-state index contributed by atoms with van der Waals surface area (Å²) in [6.07, 6.45) is 0.971. The van der Waals surface area contributed by atoms with Crippen LogP contribution in [-0.4, -0.2) is 39.3 Å². The summed E-state index contributed by atoms with van der Waals surface area (Å²) in [5.41, 5.74) is 1.46. The highest BCUT2D eigenvalue weighted by Crippen LogP contribution is 2.28. The van der Waals surface area contributed by atoms with Crippen molar-refractivity contribution in [3.8, 4) is 5.75 Å². The molecule has 0 spiro atoms. The Morgan fingerprint density at radius 1 is 1.21 bits per heavy atom. The molecule has 0 radical (unpaired) electrons. The van der Waals surface area contributed by atoms with Crippen LogP contribution >= 0.6 is 11.6 Å². The molecule has 0 heterocycles. The molecule has 1 atom stereocenters. The zero-order chi connectivity index (χ0) is 20.9. The van der Waals surface area contributed by atoms with Crippen LogP contribution in [0.4, 0.5) is 5.69 Å². The SMILES string of the molecule is CCC(C)c1ccc(S(=O)(=O)N(C)CC(=O)Nc2cc(Cl)ccc2OC)cc1. The van der Waals surface area contributed by atoms with E-state index in [4.69, 9.17) is 16.3 Å². The topological polar surface area (TPSA) is 75.7 Å². The summed E-state index contributed by atoms with van der Waals surface area (Å²) in [4.78, 5) is 12.5. The Labute approximate surface area is 171 Å². The van der Waals surface area contributed by atoms with Crippen LogP contribution in [0.15, 0.2) is 47.4 Å². The summed E-state index contributed by atoms with van der Waals surface area (Å²) in [6, 6.07) is 11.6. The van der Waals surface area contributed by atoms with Crippen LogP contribution in [0.2, 0.25) is 5.02 Å². The normalized spacial score (nSPS) is 12.6. The fraction of sp³-hybridized carbons (Fsp3) is 0.350. The third-order valence-corrected chi connectivity index (χ3v) is 6.62. The summed E-state index contributed by atoms with van der Waals surface area (Å²) in [7, 11) is -0.946. The monoisotopic (exact) mass is 424 g/mol. The van der Waals surface area contributed by atoms with Crippen molar-refractivity contribution in [3.05, 3.63) is 53.1 Å². The van der Waals surface area contributed by atoms with E-state index in [1.807, 2.05) is 12.1 Å². The van der Waals surface area contributed by atoms with Gasteiger partial charge in [0.05, 0.1) is 24.2 Å². The van der Waals surface area contributed by atoms with E-state index in [9.17, 15) is 13.2 Å². The minimum Gasteiger partial charge on any atom is -0.495 e. The fourth-order valence-corrected chi connectivity index (χ4v) is 3.94. The molecule has 2 aromatic carbocycles. The number of benzene rings is 2. The molecule has 152 valence electrons. The summed E-state index contributed by atoms with van der Waals surface area (Å²) in [5.74, 6) is 0.291. The number of sulfonamides is 1. The molecule has 2 rings (SSSR count). The average molecular weight is 425 g/mol. The van der Waals surface area contributed by atoms with E-state index in [-0.39, 0.29) is 11.4 Å². The van der Waals surface area contributed by atoms with Gasteiger partial charge in [0.15, 0.2) is 0 Å². The van der Waals surface area contributed by atoms with E-state index in [0.29, 0.717) is 22.4 Å². The van der Waals surface area contributed by atoms with E-state index in [1.165, 1.54) is 14.2 Å². The van der Waals surface area contributed by atoms with Crippen molar-refractivity contribution < 1.29 is 17.9 Å². The Hall–Kier alpha value is -2.09. The molecule has 0 aromatic heterocycles. The lowest BCUT2D eigenvalue weighted by atomic mass is 9.99. The number of nitrogens with zero attached hydrogens (tertiary/aromatic N) is 1. The molecule has 0 bridgehead atoms. The highest BCUT2D eigenvalue weighted by Gasteiger charge is 2.23. The molecule has 6 nitrogen and oxygen atoms in total. The van der Waals surface area contributed by atoms with Crippen LogP contribution in [0.1, 0.15) is 31.7 Å². The highest BCUT2D eigenvalue weighted by atomic mass is 35.5. The predicted molar refractivity (Wildman–Crippen MR) is 112 cm³/mol. The second-order valence-corrected chi connectivity index (χ2v) is 9.01. The molecular formula is C20H25ClN2O4S. The lowest BCUT2D eigenvalue weighted by molar-refractivity contribution is -0.116. The van der Waals surface area contributed by atoms with E-state index < -0.39 is 15.9 Å². The van der Waals surface area contributed by atoms with Crippen LogP contribution in [0.3, 0.4) is 0 Å². The number of halogens is 1. The molecular weight excluding hydrogens is 400 g/mol. The summed E-state index contributed by atoms with van der Waals surface area (Å²) in [5, 5.41) is 3.06. The molecule has 0 saturated heterocycles. The maximum atomic E-state index is 12.7. The van der Waals surface area contributed by atoms with Crippen molar-refractivity contribution in [1.82, 2.24) is 4.31 Å². The number of hydrogen-bond acceptors (Lipinski definition) is 4. The van der Waals surface area contributed by atoms with Gasteiger partial charge in [0.1, 0.15) is 5.75 Å². The molecule has 8 heteroatoms. The number of hydrogen-bond donors (Lipinski definition) is 1. The molecule has 1 unspecified atom stereocenters. The standard InChI is InChI=1S/C20H25ClN2O4S/c1-5-14(2)15-6-9-17(10-7-15)28(25,26)23(3)13-20(24)22-18-12-16(21)8-11-19(18)27-4/h6-12,14H,5,13H2,1-4H3,(H,22,24). The van der Waals surface area contributed by atoms with Gasteiger partial charge in [-0.3, -0.25) is 4.79 Å². The lowest BCUT2D eigenvalue weighted by Crippen LogP contribution is -2.35. The first-order valence-electron chi connectivity index (χ1n) is 8.88. The van der Waals surface area contributed by atoms with Crippen molar-refractivity contribution in [2.45, 2.75) is 31.1 Å². The zero-order valence-corrected chi connectivity index (χ0v) is 18.0.